The van der Waals surface area contributed by atoms with E-state index in [1.807, 2.05) is 120 Å². The second kappa shape index (κ2) is 10.1. The van der Waals surface area contributed by atoms with E-state index in [2.05, 4.69) is 0 Å². The van der Waals surface area contributed by atoms with E-state index in [-0.39, 0.29) is 0 Å². The highest BCUT2D eigenvalue weighted by molar-refractivity contribution is 5.83. The molecule has 0 atom stereocenters. The Morgan fingerprint density at radius 3 is 1.87 bits per heavy atom. The van der Waals surface area contributed by atoms with Crippen LogP contribution < -0.4 is 14.5 Å². The molecule has 0 bridgehead atoms. The Labute approximate surface area is 183 Å². The summed E-state index contributed by atoms with van der Waals surface area (Å²) < 4.78 is 11.5. The molecule has 0 aliphatic carbocycles. The maximum absolute atomic E-state index is 5.95. The molecule has 31 heavy (non-hydrogen) atoms. The van der Waals surface area contributed by atoms with Crippen LogP contribution >= 0.6 is 0 Å². The van der Waals surface area contributed by atoms with E-state index in [0.717, 1.165) is 22.5 Å². The van der Waals surface area contributed by atoms with Crippen LogP contribution in [0.2, 0.25) is 0 Å². The van der Waals surface area contributed by atoms with Crippen molar-refractivity contribution in [3.63, 3.8) is 0 Å². The highest BCUT2D eigenvalue weighted by Crippen LogP contribution is 2.29. The molecule has 4 nitrogen and oxygen atoms in total. The molecule has 4 heteroatoms. The van der Waals surface area contributed by atoms with Gasteiger partial charge in [-0.1, -0.05) is 66.7 Å². The van der Waals surface area contributed by atoms with Crippen LogP contribution in [0.1, 0.15) is 11.1 Å². The topological polar surface area (TPSA) is 34.1 Å². The Bertz CT molecular complexity index is 1070. The molecule has 0 heterocycles. The van der Waals surface area contributed by atoms with Gasteiger partial charge in [0, 0.05) is 0 Å². The molecule has 4 rings (SSSR count). The number of hydrogen-bond acceptors (Lipinski definition) is 4. The summed E-state index contributed by atoms with van der Waals surface area (Å²) in [6, 6.07) is 36.0. The summed E-state index contributed by atoms with van der Waals surface area (Å²) in [5.74, 6) is 1.37. The molecule has 0 radical (unpaired) electrons. The number of para-hydroxylation sites is 2. The van der Waals surface area contributed by atoms with Crippen molar-refractivity contribution < 1.29 is 9.47 Å². The van der Waals surface area contributed by atoms with Crippen LogP contribution in [0.25, 0.3) is 0 Å². The SMILES string of the molecule is COc1cc(/C=N\N(c2ccccc2)c2ccccc2)ccc1OCc1ccccc1. The molecule has 0 unspecified atom stereocenters. The van der Waals surface area contributed by atoms with Gasteiger partial charge >= 0.3 is 0 Å². The van der Waals surface area contributed by atoms with Crippen LogP contribution in [0.5, 0.6) is 11.5 Å². The molecular formula is C27H24N2O2. The van der Waals surface area contributed by atoms with Gasteiger partial charge in [-0.05, 0) is 53.6 Å². The number of hydrazone groups is 1. The molecule has 154 valence electrons. The van der Waals surface area contributed by atoms with Gasteiger partial charge in [0.1, 0.15) is 6.61 Å². The van der Waals surface area contributed by atoms with Crippen molar-refractivity contribution in [3.05, 3.63) is 120 Å². The number of hydrogen-bond donors (Lipinski definition) is 0. The maximum Gasteiger partial charge on any atom is 0.161 e. The normalized spacial score (nSPS) is 10.7. The molecule has 0 saturated carbocycles. The molecule has 0 aliphatic rings. The van der Waals surface area contributed by atoms with Crippen molar-refractivity contribution in [3.8, 4) is 11.5 Å². The highest BCUT2D eigenvalue weighted by atomic mass is 16.5. The third kappa shape index (κ3) is 5.31. The molecule has 4 aromatic carbocycles. The van der Waals surface area contributed by atoms with Crippen LogP contribution in [-0.2, 0) is 6.61 Å². The third-order valence-electron chi connectivity index (χ3n) is 4.75. The molecule has 0 aromatic heterocycles. The van der Waals surface area contributed by atoms with E-state index < -0.39 is 0 Å². The number of ether oxygens (including phenoxy) is 2. The van der Waals surface area contributed by atoms with Gasteiger partial charge in [-0.3, -0.25) is 0 Å². The van der Waals surface area contributed by atoms with Crippen molar-refractivity contribution in [2.45, 2.75) is 6.61 Å². The Hall–Kier alpha value is -4.05. The lowest BCUT2D eigenvalue weighted by atomic mass is 10.2. The van der Waals surface area contributed by atoms with Gasteiger partial charge in [0.05, 0.1) is 24.7 Å². The quantitative estimate of drug-likeness (QED) is 0.248. The minimum absolute atomic E-state index is 0.487. The summed E-state index contributed by atoms with van der Waals surface area (Å²) in [5, 5.41) is 6.65. The van der Waals surface area contributed by atoms with Crippen molar-refractivity contribution in [2.75, 3.05) is 12.1 Å². The second-order valence-corrected chi connectivity index (χ2v) is 6.91. The van der Waals surface area contributed by atoms with Gasteiger partial charge in [0.25, 0.3) is 0 Å². The van der Waals surface area contributed by atoms with E-state index >= 15 is 0 Å². The van der Waals surface area contributed by atoms with Gasteiger partial charge in [-0.2, -0.15) is 5.10 Å². The Kier molecular flexibility index (Phi) is 6.61. The van der Waals surface area contributed by atoms with Crippen molar-refractivity contribution in [2.24, 2.45) is 5.10 Å². The molecule has 0 saturated heterocycles. The maximum atomic E-state index is 5.95. The molecule has 0 fully saturated rings. The van der Waals surface area contributed by atoms with Crippen molar-refractivity contribution in [1.82, 2.24) is 0 Å². The fourth-order valence-corrected chi connectivity index (χ4v) is 3.16. The van der Waals surface area contributed by atoms with Gasteiger partial charge in [0.2, 0.25) is 0 Å². The second-order valence-electron chi connectivity index (χ2n) is 6.91. The van der Waals surface area contributed by atoms with E-state index in [0.29, 0.717) is 18.1 Å². The van der Waals surface area contributed by atoms with E-state index in [1.54, 1.807) is 7.11 Å². The van der Waals surface area contributed by atoms with Crippen LogP contribution in [0.3, 0.4) is 0 Å². The number of benzene rings is 4. The van der Waals surface area contributed by atoms with Gasteiger partial charge in [-0.25, -0.2) is 5.01 Å². The van der Waals surface area contributed by atoms with Crippen LogP contribution in [0.4, 0.5) is 11.4 Å². The minimum atomic E-state index is 0.487. The van der Waals surface area contributed by atoms with Gasteiger partial charge in [-0.15, -0.1) is 0 Å². The summed E-state index contributed by atoms with van der Waals surface area (Å²) in [5.41, 5.74) is 4.00. The van der Waals surface area contributed by atoms with Crippen LogP contribution in [0, 0.1) is 0 Å². The van der Waals surface area contributed by atoms with Crippen molar-refractivity contribution in [1.29, 1.82) is 0 Å². The van der Waals surface area contributed by atoms with E-state index in [1.165, 1.54) is 0 Å². The first kappa shape index (κ1) is 20.2. The van der Waals surface area contributed by atoms with Crippen LogP contribution in [-0.4, -0.2) is 13.3 Å². The van der Waals surface area contributed by atoms with Gasteiger partial charge in [0.15, 0.2) is 11.5 Å². The lowest BCUT2D eigenvalue weighted by molar-refractivity contribution is 0.284. The number of methoxy groups -OCH3 is 1. The largest absolute Gasteiger partial charge is 0.493 e. The predicted molar refractivity (Wildman–Crippen MR) is 126 cm³/mol. The zero-order valence-electron chi connectivity index (χ0n) is 17.4. The summed E-state index contributed by atoms with van der Waals surface area (Å²) >= 11 is 0. The summed E-state index contributed by atoms with van der Waals surface area (Å²) in [4.78, 5) is 0. The smallest absolute Gasteiger partial charge is 0.161 e. The first-order valence-electron chi connectivity index (χ1n) is 10.1. The standard InChI is InChI=1S/C27H24N2O2/c1-30-27-19-23(17-18-26(27)31-21-22-11-5-2-6-12-22)20-28-29(24-13-7-3-8-14-24)25-15-9-4-10-16-25/h2-20H,21H2,1H3/b28-20-. The molecule has 0 spiro atoms. The summed E-state index contributed by atoms with van der Waals surface area (Å²) in [6.45, 7) is 0.487. The average molecular weight is 409 g/mol. The Morgan fingerprint density at radius 2 is 1.29 bits per heavy atom. The number of anilines is 2. The zero-order chi connectivity index (χ0) is 21.3. The molecule has 0 amide bonds. The minimum Gasteiger partial charge on any atom is -0.493 e. The molecule has 4 aromatic rings. The zero-order valence-corrected chi connectivity index (χ0v) is 17.4. The number of nitrogens with zero attached hydrogens (tertiary/aromatic N) is 2. The molecule has 0 N–H and O–H groups in total. The molecular weight excluding hydrogens is 384 g/mol. The number of rotatable bonds is 8. The van der Waals surface area contributed by atoms with E-state index in [4.69, 9.17) is 14.6 Å². The monoisotopic (exact) mass is 408 g/mol. The van der Waals surface area contributed by atoms with Crippen molar-refractivity contribution >= 4 is 17.6 Å². The Morgan fingerprint density at radius 1 is 0.710 bits per heavy atom. The lowest BCUT2D eigenvalue weighted by Gasteiger charge is -2.19. The third-order valence-corrected chi connectivity index (χ3v) is 4.75. The summed E-state index contributed by atoms with van der Waals surface area (Å²) in [6.07, 6.45) is 1.82. The van der Waals surface area contributed by atoms with Crippen LogP contribution in [0.15, 0.2) is 114 Å². The molecule has 0 aliphatic heterocycles. The summed E-state index contributed by atoms with van der Waals surface area (Å²) in [7, 11) is 1.64. The Balaban J connectivity index is 1.55. The predicted octanol–water partition coefficient (Wildman–Crippen LogP) is 6.45. The van der Waals surface area contributed by atoms with E-state index in [9.17, 15) is 0 Å². The first-order chi connectivity index (χ1) is 15.3. The first-order valence-corrected chi connectivity index (χ1v) is 10.1. The highest BCUT2D eigenvalue weighted by Gasteiger charge is 2.08. The lowest BCUT2D eigenvalue weighted by Crippen LogP contribution is -2.09. The van der Waals surface area contributed by atoms with Gasteiger partial charge < -0.3 is 9.47 Å². The fourth-order valence-electron chi connectivity index (χ4n) is 3.16. The fraction of sp³-hybridized carbons (Fsp3) is 0.0741. The average Bonchev–Trinajstić information content (AvgIpc) is 2.85.